The smallest absolute Gasteiger partial charge is 0.137 e. The molecule has 4 nitrogen and oxygen atoms in total. The Morgan fingerprint density at radius 2 is 1.91 bits per heavy atom. The quantitative estimate of drug-likeness (QED) is 0.864. The van der Waals surface area contributed by atoms with Crippen LogP contribution in [0.2, 0.25) is 5.15 Å². The Labute approximate surface area is 136 Å². The Morgan fingerprint density at radius 3 is 2.55 bits per heavy atom. The van der Waals surface area contributed by atoms with Gasteiger partial charge in [0.1, 0.15) is 5.15 Å². The fourth-order valence-electron chi connectivity index (χ4n) is 2.98. The summed E-state index contributed by atoms with van der Waals surface area (Å²) in [7, 11) is 1.80. The fourth-order valence-corrected chi connectivity index (χ4v) is 3.31. The first-order valence-electron chi connectivity index (χ1n) is 7.73. The first kappa shape index (κ1) is 15.5. The van der Waals surface area contributed by atoms with E-state index in [0.29, 0.717) is 6.10 Å². The maximum Gasteiger partial charge on any atom is 0.137 e. The first-order valence-corrected chi connectivity index (χ1v) is 8.11. The van der Waals surface area contributed by atoms with Gasteiger partial charge in [0.15, 0.2) is 0 Å². The number of para-hydroxylation sites is 1. The molecule has 1 saturated heterocycles. The van der Waals surface area contributed by atoms with E-state index in [1.165, 1.54) is 0 Å². The van der Waals surface area contributed by atoms with Gasteiger partial charge in [0, 0.05) is 32.3 Å². The summed E-state index contributed by atoms with van der Waals surface area (Å²) in [6.07, 6.45) is 2.57. The highest BCUT2D eigenvalue weighted by molar-refractivity contribution is 6.30. The molecule has 0 bridgehead atoms. The van der Waals surface area contributed by atoms with Crippen molar-refractivity contribution in [1.29, 1.82) is 0 Å². The molecule has 0 amide bonds. The number of rotatable bonds is 4. The summed E-state index contributed by atoms with van der Waals surface area (Å²) in [5.74, 6) is 0. The minimum absolute atomic E-state index is 0.403. The Balaban J connectivity index is 1.76. The molecule has 22 heavy (non-hydrogen) atoms. The zero-order valence-electron chi connectivity index (χ0n) is 13.1. The summed E-state index contributed by atoms with van der Waals surface area (Å²) < 4.78 is 7.26. The number of likely N-dealkylation sites (tertiary alicyclic amines) is 1. The maximum atomic E-state index is 6.59. The molecule has 0 N–H and O–H groups in total. The Hall–Kier alpha value is -1.36. The summed E-state index contributed by atoms with van der Waals surface area (Å²) in [4.78, 5) is 2.43. The van der Waals surface area contributed by atoms with Crippen molar-refractivity contribution in [3.63, 3.8) is 0 Å². The van der Waals surface area contributed by atoms with Crippen molar-refractivity contribution in [1.82, 2.24) is 14.7 Å². The van der Waals surface area contributed by atoms with E-state index in [4.69, 9.17) is 16.3 Å². The van der Waals surface area contributed by atoms with Crippen LogP contribution in [0.5, 0.6) is 0 Å². The van der Waals surface area contributed by atoms with Gasteiger partial charge in [-0.1, -0.05) is 29.8 Å². The molecule has 1 aliphatic rings. The van der Waals surface area contributed by atoms with Crippen molar-refractivity contribution in [2.45, 2.75) is 32.4 Å². The molecule has 0 saturated carbocycles. The van der Waals surface area contributed by atoms with E-state index in [-0.39, 0.29) is 0 Å². The Morgan fingerprint density at radius 1 is 1.23 bits per heavy atom. The van der Waals surface area contributed by atoms with Gasteiger partial charge in [0.25, 0.3) is 0 Å². The molecular weight excluding hydrogens is 298 g/mol. The summed E-state index contributed by atoms with van der Waals surface area (Å²) in [5, 5.41) is 5.33. The molecule has 2 heterocycles. The third kappa shape index (κ3) is 3.19. The molecule has 3 rings (SSSR count). The number of aryl methyl sites for hydroxylation is 1. The predicted octanol–water partition coefficient (Wildman–Crippen LogP) is 3.44. The molecule has 1 aliphatic heterocycles. The van der Waals surface area contributed by atoms with E-state index in [1.807, 2.05) is 41.9 Å². The van der Waals surface area contributed by atoms with E-state index in [0.717, 1.165) is 54.6 Å². The summed E-state index contributed by atoms with van der Waals surface area (Å²) in [6, 6.07) is 10.0. The van der Waals surface area contributed by atoms with Gasteiger partial charge in [0.05, 0.1) is 17.5 Å². The number of piperidine rings is 1. The number of hydrogen-bond acceptors (Lipinski definition) is 3. The molecule has 1 fully saturated rings. The Kier molecular flexibility index (Phi) is 4.81. The molecule has 0 atom stereocenters. The van der Waals surface area contributed by atoms with Crippen molar-refractivity contribution >= 4 is 11.6 Å². The van der Waals surface area contributed by atoms with Gasteiger partial charge in [-0.3, -0.25) is 4.90 Å². The summed E-state index contributed by atoms with van der Waals surface area (Å²) in [6.45, 7) is 4.98. The van der Waals surface area contributed by atoms with Crippen molar-refractivity contribution in [3.8, 4) is 5.69 Å². The van der Waals surface area contributed by atoms with Crippen molar-refractivity contribution in [2.75, 3.05) is 20.2 Å². The van der Waals surface area contributed by atoms with Gasteiger partial charge in [-0.15, -0.1) is 0 Å². The van der Waals surface area contributed by atoms with E-state index < -0.39 is 0 Å². The lowest BCUT2D eigenvalue weighted by atomic mass is 10.1. The van der Waals surface area contributed by atoms with Gasteiger partial charge in [-0.05, 0) is 31.9 Å². The van der Waals surface area contributed by atoms with Crippen LogP contribution in [-0.4, -0.2) is 41.0 Å². The number of hydrogen-bond donors (Lipinski definition) is 0. The topological polar surface area (TPSA) is 30.3 Å². The van der Waals surface area contributed by atoms with Gasteiger partial charge in [-0.25, -0.2) is 4.68 Å². The van der Waals surface area contributed by atoms with E-state index in [1.54, 1.807) is 7.11 Å². The molecule has 118 valence electrons. The van der Waals surface area contributed by atoms with Crippen LogP contribution < -0.4 is 0 Å². The fraction of sp³-hybridized carbons (Fsp3) is 0.471. The van der Waals surface area contributed by atoms with Crippen LogP contribution in [0.15, 0.2) is 30.3 Å². The van der Waals surface area contributed by atoms with Crippen LogP contribution in [0.4, 0.5) is 0 Å². The number of nitrogens with zero attached hydrogens (tertiary/aromatic N) is 3. The maximum absolute atomic E-state index is 6.59. The molecule has 0 radical (unpaired) electrons. The van der Waals surface area contributed by atoms with Crippen LogP contribution in [0, 0.1) is 6.92 Å². The molecule has 0 unspecified atom stereocenters. The lowest BCUT2D eigenvalue weighted by Gasteiger charge is -2.31. The van der Waals surface area contributed by atoms with Gasteiger partial charge >= 0.3 is 0 Å². The van der Waals surface area contributed by atoms with E-state index in [2.05, 4.69) is 10.00 Å². The van der Waals surface area contributed by atoms with E-state index >= 15 is 0 Å². The number of halogens is 1. The van der Waals surface area contributed by atoms with Gasteiger partial charge in [-0.2, -0.15) is 5.10 Å². The van der Waals surface area contributed by atoms with Crippen LogP contribution in [-0.2, 0) is 11.3 Å². The molecule has 1 aromatic carbocycles. The minimum atomic E-state index is 0.403. The largest absolute Gasteiger partial charge is 0.381 e. The highest BCUT2D eigenvalue weighted by Gasteiger charge is 2.22. The van der Waals surface area contributed by atoms with Crippen LogP contribution in [0.25, 0.3) is 5.69 Å². The summed E-state index contributed by atoms with van der Waals surface area (Å²) >= 11 is 6.59. The number of methoxy groups -OCH3 is 1. The highest BCUT2D eigenvalue weighted by atomic mass is 35.5. The third-order valence-electron chi connectivity index (χ3n) is 4.37. The molecule has 0 spiro atoms. The molecule has 5 heteroatoms. The van der Waals surface area contributed by atoms with Gasteiger partial charge in [0.2, 0.25) is 0 Å². The monoisotopic (exact) mass is 319 g/mol. The zero-order valence-corrected chi connectivity index (χ0v) is 13.9. The number of ether oxygens (including phenoxy) is 1. The minimum Gasteiger partial charge on any atom is -0.381 e. The predicted molar refractivity (Wildman–Crippen MR) is 88.6 cm³/mol. The normalized spacial score (nSPS) is 17.0. The molecule has 0 aliphatic carbocycles. The highest BCUT2D eigenvalue weighted by Crippen LogP contribution is 2.26. The molecule has 2 aromatic rings. The molecule has 1 aromatic heterocycles. The van der Waals surface area contributed by atoms with Crippen LogP contribution >= 0.6 is 11.6 Å². The van der Waals surface area contributed by atoms with Gasteiger partial charge < -0.3 is 4.74 Å². The van der Waals surface area contributed by atoms with Crippen LogP contribution in [0.1, 0.15) is 24.1 Å². The van der Waals surface area contributed by atoms with Crippen molar-refractivity contribution in [2.24, 2.45) is 0 Å². The average Bonchev–Trinajstić information content (AvgIpc) is 2.84. The lowest BCUT2D eigenvalue weighted by Crippen LogP contribution is -2.36. The zero-order chi connectivity index (χ0) is 15.5. The molecular formula is C17H22ClN3O. The van der Waals surface area contributed by atoms with E-state index in [9.17, 15) is 0 Å². The van der Waals surface area contributed by atoms with Crippen molar-refractivity contribution in [3.05, 3.63) is 46.7 Å². The standard InChI is InChI=1S/C17H22ClN3O/c1-13-16(12-20-10-8-15(22-2)9-11-20)17(18)21(19-13)14-6-4-3-5-7-14/h3-7,15H,8-12H2,1-2H3. The Bertz CT molecular complexity index is 618. The third-order valence-corrected chi connectivity index (χ3v) is 4.76. The second kappa shape index (κ2) is 6.82. The SMILES string of the molecule is COC1CCN(Cc2c(C)nn(-c3ccccc3)c2Cl)CC1. The number of benzene rings is 1. The van der Waals surface area contributed by atoms with Crippen molar-refractivity contribution < 1.29 is 4.74 Å². The van der Waals surface area contributed by atoms with Crippen LogP contribution in [0.3, 0.4) is 0 Å². The lowest BCUT2D eigenvalue weighted by molar-refractivity contribution is 0.0388. The second-order valence-electron chi connectivity index (χ2n) is 5.81. The first-order chi connectivity index (χ1) is 10.7. The summed E-state index contributed by atoms with van der Waals surface area (Å²) in [5.41, 5.74) is 3.13. The second-order valence-corrected chi connectivity index (χ2v) is 6.17. The average molecular weight is 320 g/mol. The number of aromatic nitrogens is 2.